The van der Waals surface area contributed by atoms with Crippen molar-refractivity contribution in [2.24, 2.45) is 5.73 Å². The van der Waals surface area contributed by atoms with Crippen LogP contribution in [-0.4, -0.2) is 30.1 Å². The second-order valence-electron chi connectivity index (χ2n) is 3.78. The summed E-state index contributed by atoms with van der Waals surface area (Å²) in [6.07, 6.45) is 4.32. The first-order valence-corrected chi connectivity index (χ1v) is 4.26. The second kappa shape index (κ2) is 3.37. The molecule has 0 aromatic heterocycles. The van der Waals surface area contributed by atoms with E-state index in [0.717, 1.165) is 19.5 Å². The van der Waals surface area contributed by atoms with Crippen molar-refractivity contribution in [1.82, 2.24) is 4.90 Å². The third-order valence-electron chi connectivity index (χ3n) is 2.19. The van der Waals surface area contributed by atoms with Crippen LogP contribution in [0, 0.1) is 0 Å². The van der Waals surface area contributed by atoms with Crippen LogP contribution in [0.2, 0.25) is 0 Å². The monoisotopic (exact) mass is 154 g/mol. The summed E-state index contributed by atoms with van der Waals surface area (Å²) in [6.45, 7) is 9.02. The Morgan fingerprint density at radius 3 is 3.00 bits per heavy atom. The van der Waals surface area contributed by atoms with Crippen molar-refractivity contribution in [2.45, 2.75) is 25.3 Å². The fraction of sp³-hybridized carbons (Fsp3) is 0.778. The van der Waals surface area contributed by atoms with Crippen LogP contribution in [0.5, 0.6) is 0 Å². The van der Waals surface area contributed by atoms with E-state index in [9.17, 15) is 0 Å². The van der Waals surface area contributed by atoms with Gasteiger partial charge < -0.3 is 5.73 Å². The molecule has 1 atom stereocenters. The van der Waals surface area contributed by atoms with Crippen LogP contribution in [0.15, 0.2) is 12.7 Å². The Kier molecular flexibility index (Phi) is 2.68. The van der Waals surface area contributed by atoms with Crippen molar-refractivity contribution in [2.75, 3.05) is 19.6 Å². The number of hydrogen-bond acceptors (Lipinski definition) is 2. The molecule has 0 bridgehead atoms. The van der Waals surface area contributed by atoms with E-state index in [1.807, 2.05) is 6.08 Å². The zero-order valence-corrected chi connectivity index (χ0v) is 7.34. The Morgan fingerprint density at radius 2 is 2.45 bits per heavy atom. The fourth-order valence-electron chi connectivity index (χ4n) is 1.71. The lowest BCUT2D eigenvalue weighted by atomic mass is 9.92. The molecular formula is C9H18N2. The molecule has 2 N–H and O–H groups in total. The smallest absolute Gasteiger partial charge is 0.0255 e. The highest BCUT2D eigenvalue weighted by atomic mass is 15.1. The number of nitrogens with zero attached hydrogens (tertiary/aromatic N) is 1. The Morgan fingerprint density at radius 1 is 1.73 bits per heavy atom. The highest BCUT2D eigenvalue weighted by Crippen LogP contribution is 2.17. The summed E-state index contributed by atoms with van der Waals surface area (Å²) in [6, 6.07) is 0. The summed E-state index contributed by atoms with van der Waals surface area (Å²) in [5, 5.41) is 0. The van der Waals surface area contributed by atoms with Gasteiger partial charge in [-0.15, -0.1) is 6.58 Å². The van der Waals surface area contributed by atoms with E-state index in [2.05, 4.69) is 18.4 Å². The Labute approximate surface area is 69.1 Å². The highest BCUT2D eigenvalue weighted by Gasteiger charge is 2.25. The first kappa shape index (κ1) is 8.75. The fourth-order valence-corrected chi connectivity index (χ4v) is 1.71. The largest absolute Gasteiger partial charge is 0.324 e. The van der Waals surface area contributed by atoms with Crippen LogP contribution in [0.25, 0.3) is 0 Å². The molecule has 0 aromatic carbocycles. The summed E-state index contributed by atoms with van der Waals surface area (Å²) in [7, 11) is 0. The van der Waals surface area contributed by atoms with Crippen LogP contribution in [0.4, 0.5) is 0 Å². The third-order valence-corrected chi connectivity index (χ3v) is 2.19. The van der Waals surface area contributed by atoms with Crippen LogP contribution in [0.1, 0.15) is 19.8 Å². The summed E-state index contributed by atoms with van der Waals surface area (Å²) < 4.78 is 0. The molecule has 1 heterocycles. The van der Waals surface area contributed by atoms with E-state index in [4.69, 9.17) is 5.73 Å². The Hall–Kier alpha value is -0.340. The second-order valence-corrected chi connectivity index (χ2v) is 3.78. The predicted molar refractivity (Wildman–Crippen MR) is 48.5 cm³/mol. The molecule has 1 unspecified atom stereocenters. The van der Waals surface area contributed by atoms with Gasteiger partial charge in [0.1, 0.15) is 0 Å². The van der Waals surface area contributed by atoms with Crippen molar-refractivity contribution >= 4 is 0 Å². The van der Waals surface area contributed by atoms with Gasteiger partial charge >= 0.3 is 0 Å². The lowest BCUT2D eigenvalue weighted by molar-refractivity contribution is 0.175. The highest BCUT2D eigenvalue weighted by molar-refractivity contribution is 4.89. The van der Waals surface area contributed by atoms with Crippen LogP contribution in [-0.2, 0) is 0 Å². The number of likely N-dealkylation sites (tertiary alicyclic amines) is 1. The normalized spacial score (nSPS) is 33.6. The molecule has 0 aliphatic carbocycles. The molecule has 0 radical (unpaired) electrons. The molecule has 2 nitrogen and oxygen atoms in total. The molecule has 1 fully saturated rings. The number of piperidine rings is 1. The van der Waals surface area contributed by atoms with Gasteiger partial charge in [0, 0.05) is 18.6 Å². The molecule has 64 valence electrons. The molecular weight excluding hydrogens is 136 g/mol. The Bertz CT molecular complexity index is 140. The number of rotatable bonds is 2. The summed E-state index contributed by atoms with van der Waals surface area (Å²) in [5.41, 5.74) is 6.05. The van der Waals surface area contributed by atoms with Gasteiger partial charge in [0.15, 0.2) is 0 Å². The zero-order chi connectivity index (χ0) is 8.32. The van der Waals surface area contributed by atoms with E-state index >= 15 is 0 Å². The summed E-state index contributed by atoms with van der Waals surface area (Å²) >= 11 is 0. The standard InChI is InChI=1S/C9H18N2/c1-3-6-11-7-4-5-9(2,10)8-11/h3H,1,4-8,10H2,2H3. The molecule has 1 rings (SSSR count). The quantitative estimate of drug-likeness (QED) is 0.601. The van der Waals surface area contributed by atoms with Gasteiger partial charge in [-0.2, -0.15) is 0 Å². The van der Waals surface area contributed by atoms with Crippen molar-refractivity contribution in [1.29, 1.82) is 0 Å². The Balaban J connectivity index is 2.39. The van der Waals surface area contributed by atoms with Gasteiger partial charge in [0.2, 0.25) is 0 Å². The molecule has 0 saturated carbocycles. The van der Waals surface area contributed by atoms with Crippen molar-refractivity contribution in [3.63, 3.8) is 0 Å². The molecule has 1 aliphatic rings. The van der Waals surface area contributed by atoms with Crippen molar-refractivity contribution < 1.29 is 0 Å². The number of hydrogen-bond donors (Lipinski definition) is 1. The number of nitrogens with two attached hydrogens (primary N) is 1. The molecule has 0 amide bonds. The maximum atomic E-state index is 6.02. The van der Waals surface area contributed by atoms with Crippen LogP contribution < -0.4 is 5.73 Å². The van der Waals surface area contributed by atoms with Gasteiger partial charge in [-0.25, -0.2) is 0 Å². The average molecular weight is 154 g/mol. The van der Waals surface area contributed by atoms with Crippen LogP contribution >= 0.6 is 0 Å². The lowest BCUT2D eigenvalue weighted by Crippen LogP contribution is -2.51. The zero-order valence-electron chi connectivity index (χ0n) is 7.34. The molecule has 2 heteroatoms. The van der Waals surface area contributed by atoms with Gasteiger partial charge in [-0.1, -0.05) is 6.08 Å². The SMILES string of the molecule is C=CCN1CCCC(C)(N)C1. The van der Waals surface area contributed by atoms with Gasteiger partial charge in [-0.3, -0.25) is 4.90 Å². The third kappa shape index (κ3) is 2.64. The predicted octanol–water partition coefficient (Wildman–Crippen LogP) is 0.986. The van der Waals surface area contributed by atoms with Crippen molar-refractivity contribution in [3.8, 4) is 0 Å². The summed E-state index contributed by atoms with van der Waals surface area (Å²) in [5.74, 6) is 0. The minimum atomic E-state index is 0.0290. The van der Waals surface area contributed by atoms with E-state index in [1.165, 1.54) is 13.0 Å². The van der Waals surface area contributed by atoms with Gasteiger partial charge in [0.05, 0.1) is 0 Å². The lowest BCUT2D eigenvalue weighted by Gasteiger charge is -2.37. The first-order valence-electron chi connectivity index (χ1n) is 4.26. The molecule has 0 spiro atoms. The van der Waals surface area contributed by atoms with E-state index in [-0.39, 0.29) is 5.54 Å². The van der Waals surface area contributed by atoms with E-state index in [1.54, 1.807) is 0 Å². The molecule has 1 saturated heterocycles. The van der Waals surface area contributed by atoms with Gasteiger partial charge in [0.25, 0.3) is 0 Å². The topological polar surface area (TPSA) is 29.3 Å². The average Bonchev–Trinajstić information content (AvgIpc) is 1.85. The summed E-state index contributed by atoms with van der Waals surface area (Å²) in [4.78, 5) is 2.36. The maximum absolute atomic E-state index is 6.02. The molecule has 0 aromatic rings. The molecule has 11 heavy (non-hydrogen) atoms. The first-order chi connectivity index (χ1) is 5.14. The minimum absolute atomic E-state index is 0.0290. The maximum Gasteiger partial charge on any atom is 0.0255 e. The van der Waals surface area contributed by atoms with E-state index < -0.39 is 0 Å². The minimum Gasteiger partial charge on any atom is -0.324 e. The van der Waals surface area contributed by atoms with E-state index in [0.29, 0.717) is 0 Å². The van der Waals surface area contributed by atoms with Crippen molar-refractivity contribution in [3.05, 3.63) is 12.7 Å². The van der Waals surface area contributed by atoms with Crippen LogP contribution in [0.3, 0.4) is 0 Å². The van der Waals surface area contributed by atoms with Gasteiger partial charge in [-0.05, 0) is 26.3 Å². The molecule has 1 aliphatic heterocycles.